The van der Waals surface area contributed by atoms with E-state index in [4.69, 9.17) is 9.47 Å². The summed E-state index contributed by atoms with van der Waals surface area (Å²) in [6.45, 7) is 7.99. The fourth-order valence-corrected chi connectivity index (χ4v) is 5.15. The summed E-state index contributed by atoms with van der Waals surface area (Å²) in [7, 11) is 0. The van der Waals surface area contributed by atoms with Crippen molar-refractivity contribution in [3.63, 3.8) is 0 Å². The molecule has 5 rings (SSSR count). The molecule has 4 heterocycles. The van der Waals surface area contributed by atoms with Crippen molar-refractivity contribution in [3.8, 4) is 5.75 Å². The number of fused-ring (bicyclic) bond motifs is 3. The van der Waals surface area contributed by atoms with E-state index in [1.807, 2.05) is 12.4 Å². The molecule has 3 aliphatic rings. The maximum absolute atomic E-state index is 6.16. The summed E-state index contributed by atoms with van der Waals surface area (Å²) in [5.74, 6) is 1.42. The zero-order chi connectivity index (χ0) is 19.5. The van der Waals surface area contributed by atoms with Gasteiger partial charge in [0.25, 0.3) is 0 Å². The highest BCUT2D eigenvalue weighted by Gasteiger charge is 2.36. The summed E-state index contributed by atoms with van der Waals surface area (Å²) in [6, 6.07) is 11.6. The molecular formula is C24H31N3O2. The molecule has 5 heteroatoms. The summed E-state index contributed by atoms with van der Waals surface area (Å²) in [5, 5.41) is 0. The van der Waals surface area contributed by atoms with E-state index in [0.29, 0.717) is 12.0 Å². The molecule has 0 radical (unpaired) electrons. The molecule has 0 saturated carbocycles. The third kappa shape index (κ3) is 4.18. The van der Waals surface area contributed by atoms with Crippen LogP contribution < -0.4 is 4.74 Å². The monoisotopic (exact) mass is 393 g/mol. The zero-order valence-corrected chi connectivity index (χ0v) is 17.1. The summed E-state index contributed by atoms with van der Waals surface area (Å²) < 4.78 is 11.6. The zero-order valence-electron chi connectivity index (χ0n) is 17.1. The van der Waals surface area contributed by atoms with Crippen LogP contribution in [0.1, 0.15) is 47.9 Å². The third-order valence-electron chi connectivity index (χ3n) is 6.65. The molecule has 0 amide bonds. The molecule has 0 N–H and O–H groups in total. The van der Waals surface area contributed by atoms with Gasteiger partial charge in [-0.05, 0) is 60.7 Å². The minimum Gasteiger partial charge on any atom is -0.494 e. The molecule has 1 aromatic carbocycles. The van der Waals surface area contributed by atoms with Crippen LogP contribution in [0, 0.1) is 0 Å². The lowest BCUT2D eigenvalue weighted by atomic mass is 9.82. The van der Waals surface area contributed by atoms with E-state index in [-0.39, 0.29) is 0 Å². The summed E-state index contributed by atoms with van der Waals surface area (Å²) in [6.07, 6.45) is 7.49. The minimum atomic E-state index is 0.406. The highest BCUT2D eigenvalue weighted by atomic mass is 16.5. The van der Waals surface area contributed by atoms with E-state index >= 15 is 0 Å². The van der Waals surface area contributed by atoms with Crippen LogP contribution in [0.25, 0.3) is 0 Å². The smallest absolute Gasteiger partial charge is 0.119 e. The standard InChI is InChI=1S/C24H31N3O2/c1-4-19(17-25-8-1)23-18-27-10-2-5-24(27)22-16-20(6-7-21(22)23)29-13-3-9-26-11-14-28-15-12-26/h1,4,6-8,16-17,23-24H,2-3,5,9-15,18H2/t23-,24-/m0/s1. The third-order valence-corrected chi connectivity index (χ3v) is 6.65. The average Bonchev–Trinajstić information content (AvgIpc) is 3.26. The predicted octanol–water partition coefficient (Wildman–Crippen LogP) is 3.47. The van der Waals surface area contributed by atoms with Crippen LogP contribution in [0.2, 0.25) is 0 Å². The van der Waals surface area contributed by atoms with Crippen molar-refractivity contribution in [2.75, 3.05) is 52.5 Å². The molecule has 2 fully saturated rings. The van der Waals surface area contributed by atoms with Crippen molar-refractivity contribution in [2.45, 2.75) is 31.2 Å². The Morgan fingerprint density at radius 3 is 2.90 bits per heavy atom. The van der Waals surface area contributed by atoms with Crippen LogP contribution in [-0.2, 0) is 4.74 Å². The second-order valence-corrected chi connectivity index (χ2v) is 8.44. The molecule has 0 bridgehead atoms. The van der Waals surface area contributed by atoms with Crippen molar-refractivity contribution >= 4 is 0 Å². The summed E-state index contributed by atoms with van der Waals surface area (Å²) in [4.78, 5) is 9.49. The number of rotatable bonds is 6. The molecule has 2 atom stereocenters. The Bertz CT molecular complexity index is 807. The van der Waals surface area contributed by atoms with Gasteiger partial charge >= 0.3 is 0 Å². The molecule has 0 spiro atoms. The van der Waals surface area contributed by atoms with Gasteiger partial charge in [0.15, 0.2) is 0 Å². The van der Waals surface area contributed by atoms with Gasteiger partial charge in [0, 0.05) is 50.5 Å². The summed E-state index contributed by atoms with van der Waals surface area (Å²) >= 11 is 0. The first-order chi connectivity index (χ1) is 14.4. The number of ether oxygens (including phenoxy) is 2. The van der Waals surface area contributed by atoms with Gasteiger partial charge in [-0.25, -0.2) is 0 Å². The molecule has 3 aliphatic heterocycles. The first-order valence-corrected chi connectivity index (χ1v) is 11.1. The lowest BCUT2D eigenvalue weighted by molar-refractivity contribution is 0.0358. The highest BCUT2D eigenvalue weighted by molar-refractivity contribution is 5.46. The van der Waals surface area contributed by atoms with Crippen LogP contribution in [0.3, 0.4) is 0 Å². The van der Waals surface area contributed by atoms with Crippen molar-refractivity contribution in [2.24, 2.45) is 0 Å². The summed E-state index contributed by atoms with van der Waals surface area (Å²) in [5.41, 5.74) is 4.24. The van der Waals surface area contributed by atoms with E-state index in [9.17, 15) is 0 Å². The second kappa shape index (κ2) is 8.82. The quantitative estimate of drug-likeness (QED) is 0.703. The van der Waals surface area contributed by atoms with Crippen LogP contribution in [0.4, 0.5) is 0 Å². The normalized spacial score (nSPS) is 24.8. The molecule has 0 aliphatic carbocycles. The Morgan fingerprint density at radius 2 is 2.03 bits per heavy atom. The van der Waals surface area contributed by atoms with Gasteiger partial charge in [0.1, 0.15) is 5.75 Å². The Morgan fingerprint density at radius 1 is 1.10 bits per heavy atom. The maximum Gasteiger partial charge on any atom is 0.119 e. The van der Waals surface area contributed by atoms with E-state index in [0.717, 1.165) is 58.2 Å². The Balaban J connectivity index is 1.29. The molecule has 0 unspecified atom stereocenters. The van der Waals surface area contributed by atoms with E-state index in [2.05, 4.69) is 45.1 Å². The number of hydrogen-bond acceptors (Lipinski definition) is 5. The molecule has 5 nitrogen and oxygen atoms in total. The number of pyridine rings is 1. The minimum absolute atomic E-state index is 0.406. The van der Waals surface area contributed by atoms with Gasteiger partial charge in [0.05, 0.1) is 19.8 Å². The molecule has 2 aromatic rings. The lowest BCUT2D eigenvalue weighted by Crippen LogP contribution is -2.37. The maximum atomic E-state index is 6.16. The van der Waals surface area contributed by atoms with E-state index < -0.39 is 0 Å². The SMILES string of the molecule is c1cncc([C@@H]2CN3CCC[C@H]3c3cc(OCCCN4CCOCC4)ccc32)c1. The lowest BCUT2D eigenvalue weighted by Gasteiger charge is -2.37. The fraction of sp³-hybridized carbons (Fsp3) is 0.542. The topological polar surface area (TPSA) is 37.8 Å². The Labute approximate surface area is 173 Å². The molecule has 29 heavy (non-hydrogen) atoms. The Kier molecular flexibility index (Phi) is 5.79. The van der Waals surface area contributed by atoms with Gasteiger partial charge in [-0.15, -0.1) is 0 Å². The van der Waals surface area contributed by atoms with E-state index in [1.165, 1.54) is 36.1 Å². The average molecular weight is 394 g/mol. The van der Waals surface area contributed by atoms with Crippen molar-refractivity contribution in [1.82, 2.24) is 14.8 Å². The second-order valence-electron chi connectivity index (χ2n) is 8.44. The molecular weight excluding hydrogens is 362 g/mol. The van der Waals surface area contributed by atoms with Gasteiger partial charge in [0.2, 0.25) is 0 Å². The van der Waals surface area contributed by atoms with Crippen LogP contribution in [0.15, 0.2) is 42.7 Å². The van der Waals surface area contributed by atoms with Crippen LogP contribution in [0.5, 0.6) is 5.75 Å². The van der Waals surface area contributed by atoms with E-state index in [1.54, 1.807) is 0 Å². The molecule has 2 saturated heterocycles. The number of aromatic nitrogens is 1. The van der Waals surface area contributed by atoms with Gasteiger partial charge < -0.3 is 9.47 Å². The number of nitrogens with zero attached hydrogens (tertiary/aromatic N) is 3. The van der Waals surface area contributed by atoms with Crippen molar-refractivity contribution < 1.29 is 9.47 Å². The van der Waals surface area contributed by atoms with Gasteiger partial charge in [-0.1, -0.05) is 12.1 Å². The van der Waals surface area contributed by atoms with Gasteiger partial charge in [-0.2, -0.15) is 0 Å². The van der Waals surface area contributed by atoms with Gasteiger partial charge in [-0.3, -0.25) is 14.8 Å². The molecule has 154 valence electrons. The number of benzene rings is 1. The first-order valence-electron chi connectivity index (χ1n) is 11.1. The highest BCUT2D eigenvalue weighted by Crippen LogP contribution is 2.45. The van der Waals surface area contributed by atoms with Crippen LogP contribution >= 0.6 is 0 Å². The van der Waals surface area contributed by atoms with Crippen LogP contribution in [-0.4, -0.2) is 67.3 Å². The first kappa shape index (κ1) is 19.0. The van der Waals surface area contributed by atoms with Crippen molar-refractivity contribution in [1.29, 1.82) is 0 Å². The predicted molar refractivity (Wildman–Crippen MR) is 113 cm³/mol. The largest absolute Gasteiger partial charge is 0.494 e. The number of morpholine rings is 1. The fourth-order valence-electron chi connectivity index (χ4n) is 5.15. The Hall–Kier alpha value is -1.95. The van der Waals surface area contributed by atoms with Crippen molar-refractivity contribution in [3.05, 3.63) is 59.4 Å². The number of hydrogen-bond donors (Lipinski definition) is 0. The molecule has 1 aromatic heterocycles.